The number of morpholine rings is 1. The van der Waals surface area contributed by atoms with Gasteiger partial charge in [0.05, 0.1) is 13.2 Å². The van der Waals surface area contributed by atoms with Gasteiger partial charge in [-0.2, -0.15) is 0 Å². The predicted octanol–water partition coefficient (Wildman–Crippen LogP) is 0.806. The molecule has 1 aliphatic rings. The van der Waals surface area contributed by atoms with Crippen molar-refractivity contribution in [3.05, 3.63) is 24.0 Å². The smallest absolute Gasteiger partial charge is 0.223 e. The van der Waals surface area contributed by atoms with Crippen LogP contribution in [0.3, 0.4) is 0 Å². The predicted molar refractivity (Wildman–Crippen MR) is 56.5 cm³/mol. The number of amides is 1. The molecule has 0 unspecified atom stereocenters. The molecule has 0 aliphatic carbocycles. The Morgan fingerprint density at radius 1 is 1.47 bits per heavy atom. The molecule has 4 nitrogen and oxygen atoms in total. The van der Waals surface area contributed by atoms with E-state index in [1.54, 1.807) is 0 Å². The molecule has 0 aromatic carbocycles. The van der Waals surface area contributed by atoms with E-state index in [2.05, 4.69) is 4.98 Å². The van der Waals surface area contributed by atoms with Gasteiger partial charge in [0.2, 0.25) is 5.91 Å². The number of aromatic nitrogens is 1. The van der Waals surface area contributed by atoms with E-state index < -0.39 is 0 Å². The highest BCUT2D eigenvalue weighted by atomic mass is 16.5. The topological polar surface area (TPSA) is 45.3 Å². The van der Waals surface area contributed by atoms with Crippen LogP contribution in [0.5, 0.6) is 0 Å². The SMILES string of the molecule is O=C(CCc1ccc[nH]1)N1CCOCC1. The largest absolute Gasteiger partial charge is 0.378 e. The second-order valence-electron chi connectivity index (χ2n) is 3.69. The molecule has 0 bridgehead atoms. The average Bonchev–Trinajstić information content (AvgIpc) is 2.80. The van der Waals surface area contributed by atoms with E-state index >= 15 is 0 Å². The third kappa shape index (κ3) is 2.83. The standard InChI is InChI=1S/C11H16N2O2/c14-11(13-6-8-15-9-7-13)4-3-10-2-1-5-12-10/h1-2,5,12H,3-4,6-9H2. The molecule has 1 aliphatic heterocycles. The molecule has 0 saturated carbocycles. The van der Waals surface area contributed by atoms with Crippen molar-refractivity contribution in [3.63, 3.8) is 0 Å². The summed E-state index contributed by atoms with van der Waals surface area (Å²) in [5, 5.41) is 0. The molecule has 0 atom stereocenters. The van der Waals surface area contributed by atoms with E-state index in [9.17, 15) is 4.79 Å². The van der Waals surface area contributed by atoms with E-state index in [4.69, 9.17) is 4.74 Å². The quantitative estimate of drug-likeness (QED) is 0.798. The molecule has 2 heterocycles. The van der Waals surface area contributed by atoms with Crippen molar-refractivity contribution < 1.29 is 9.53 Å². The second-order valence-corrected chi connectivity index (χ2v) is 3.69. The van der Waals surface area contributed by atoms with Crippen LogP contribution in [0.4, 0.5) is 0 Å². The zero-order valence-electron chi connectivity index (χ0n) is 8.74. The van der Waals surface area contributed by atoms with Gasteiger partial charge in [0.1, 0.15) is 0 Å². The van der Waals surface area contributed by atoms with Crippen LogP contribution < -0.4 is 0 Å². The summed E-state index contributed by atoms with van der Waals surface area (Å²) in [4.78, 5) is 16.7. The summed E-state index contributed by atoms with van der Waals surface area (Å²) < 4.78 is 5.20. The number of nitrogens with zero attached hydrogens (tertiary/aromatic N) is 1. The van der Waals surface area contributed by atoms with Gasteiger partial charge >= 0.3 is 0 Å². The van der Waals surface area contributed by atoms with Crippen molar-refractivity contribution in [1.29, 1.82) is 0 Å². The van der Waals surface area contributed by atoms with Crippen LogP contribution in [0.2, 0.25) is 0 Å². The third-order valence-corrected chi connectivity index (χ3v) is 2.63. The first-order valence-corrected chi connectivity index (χ1v) is 5.34. The van der Waals surface area contributed by atoms with Crippen LogP contribution in [-0.2, 0) is 16.0 Å². The lowest BCUT2D eigenvalue weighted by molar-refractivity contribution is -0.135. The number of aryl methyl sites for hydroxylation is 1. The minimum absolute atomic E-state index is 0.230. The number of ether oxygens (including phenoxy) is 1. The molecule has 15 heavy (non-hydrogen) atoms. The summed E-state index contributed by atoms with van der Waals surface area (Å²) in [7, 11) is 0. The molecule has 4 heteroatoms. The molecule has 1 fully saturated rings. The molecule has 1 saturated heterocycles. The van der Waals surface area contributed by atoms with Crippen LogP contribution in [-0.4, -0.2) is 42.1 Å². The Kier molecular flexibility index (Phi) is 3.40. The number of carbonyl (C=O) groups excluding carboxylic acids is 1. The van der Waals surface area contributed by atoms with Crippen molar-refractivity contribution in [3.8, 4) is 0 Å². The Balaban J connectivity index is 1.76. The highest BCUT2D eigenvalue weighted by Crippen LogP contribution is 2.04. The van der Waals surface area contributed by atoms with Gasteiger partial charge < -0.3 is 14.6 Å². The van der Waals surface area contributed by atoms with Crippen molar-refractivity contribution in [2.75, 3.05) is 26.3 Å². The molecule has 1 aromatic rings. The Bertz CT molecular complexity index is 302. The van der Waals surface area contributed by atoms with Crippen LogP contribution in [0, 0.1) is 0 Å². The first-order chi connectivity index (χ1) is 7.36. The zero-order valence-corrected chi connectivity index (χ0v) is 8.74. The van der Waals surface area contributed by atoms with Crippen molar-refractivity contribution in [2.45, 2.75) is 12.8 Å². The fourth-order valence-electron chi connectivity index (χ4n) is 1.74. The third-order valence-electron chi connectivity index (χ3n) is 2.63. The lowest BCUT2D eigenvalue weighted by Gasteiger charge is -2.26. The fourth-order valence-corrected chi connectivity index (χ4v) is 1.74. The highest BCUT2D eigenvalue weighted by Gasteiger charge is 2.16. The van der Waals surface area contributed by atoms with Gasteiger partial charge in [0.25, 0.3) is 0 Å². The summed E-state index contributed by atoms with van der Waals surface area (Å²) in [5.41, 5.74) is 1.12. The number of carbonyl (C=O) groups is 1. The van der Waals surface area contributed by atoms with Crippen molar-refractivity contribution >= 4 is 5.91 Å². The first kappa shape index (κ1) is 10.2. The van der Waals surface area contributed by atoms with E-state index in [1.165, 1.54) is 0 Å². The summed E-state index contributed by atoms with van der Waals surface area (Å²) in [6, 6.07) is 3.96. The molecule has 2 rings (SSSR count). The molecule has 82 valence electrons. The number of H-pyrrole nitrogens is 1. The monoisotopic (exact) mass is 208 g/mol. The molecular formula is C11H16N2O2. The van der Waals surface area contributed by atoms with Gasteiger partial charge in [0.15, 0.2) is 0 Å². The maximum atomic E-state index is 11.7. The highest BCUT2D eigenvalue weighted by molar-refractivity contribution is 5.76. The van der Waals surface area contributed by atoms with E-state index in [-0.39, 0.29) is 5.91 Å². The number of hydrogen-bond acceptors (Lipinski definition) is 2. The molecular weight excluding hydrogens is 192 g/mol. The van der Waals surface area contributed by atoms with Crippen LogP contribution >= 0.6 is 0 Å². The molecule has 0 radical (unpaired) electrons. The number of rotatable bonds is 3. The Morgan fingerprint density at radius 3 is 2.93 bits per heavy atom. The lowest BCUT2D eigenvalue weighted by atomic mass is 10.2. The summed E-state index contributed by atoms with van der Waals surface area (Å²) in [5.74, 6) is 0.230. The summed E-state index contributed by atoms with van der Waals surface area (Å²) >= 11 is 0. The van der Waals surface area contributed by atoms with E-state index in [0.717, 1.165) is 25.2 Å². The van der Waals surface area contributed by atoms with Gasteiger partial charge in [-0.05, 0) is 18.6 Å². The van der Waals surface area contributed by atoms with E-state index in [0.29, 0.717) is 19.6 Å². The molecule has 1 aromatic heterocycles. The fraction of sp³-hybridized carbons (Fsp3) is 0.545. The van der Waals surface area contributed by atoms with Crippen molar-refractivity contribution in [1.82, 2.24) is 9.88 Å². The molecule has 1 N–H and O–H groups in total. The number of hydrogen-bond donors (Lipinski definition) is 1. The Morgan fingerprint density at radius 2 is 2.27 bits per heavy atom. The zero-order chi connectivity index (χ0) is 10.5. The first-order valence-electron chi connectivity index (χ1n) is 5.34. The number of nitrogens with one attached hydrogen (secondary N) is 1. The van der Waals surface area contributed by atoms with Gasteiger partial charge in [-0.25, -0.2) is 0 Å². The van der Waals surface area contributed by atoms with Gasteiger partial charge in [-0.1, -0.05) is 0 Å². The Labute approximate surface area is 89.2 Å². The minimum atomic E-state index is 0.230. The van der Waals surface area contributed by atoms with Crippen molar-refractivity contribution in [2.24, 2.45) is 0 Å². The maximum Gasteiger partial charge on any atom is 0.223 e. The second kappa shape index (κ2) is 4.98. The van der Waals surface area contributed by atoms with Gasteiger partial charge in [-0.3, -0.25) is 4.79 Å². The molecule has 0 spiro atoms. The minimum Gasteiger partial charge on any atom is -0.378 e. The Hall–Kier alpha value is -1.29. The van der Waals surface area contributed by atoms with Gasteiger partial charge in [-0.15, -0.1) is 0 Å². The molecule has 1 amide bonds. The summed E-state index contributed by atoms with van der Waals surface area (Å²) in [6.07, 6.45) is 3.26. The van der Waals surface area contributed by atoms with Crippen LogP contribution in [0.25, 0.3) is 0 Å². The number of aromatic amines is 1. The lowest BCUT2D eigenvalue weighted by Crippen LogP contribution is -2.40. The summed E-state index contributed by atoms with van der Waals surface area (Å²) in [6.45, 7) is 2.83. The van der Waals surface area contributed by atoms with Crippen LogP contribution in [0.1, 0.15) is 12.1 Å². The van der Waals surface area contributed by atoms with Crippen LogP contribution in [0.15, 0.2) is 18.3 Å². The van der Waals surface area contributed by atoms with E-state index in [1.807, 2.05) is 23.2 Å². The maximum absolute atomic E-state index is 11.7. The van der Waals surface area contributed by atoms with Gasteiger partial charge in [0, 0.05) is 31.4 Å². The average molecular weight is 208 g/mol. The normalized spacial score (nSPS) is 16.7.